The van der Waals surface area contributed by atoms with E-state index in [9.17, 15) is 0 Å². The average Bonchev–Trinajstić information content (AvgIpc) is 2.84. The monoisotopic (exact) mass is 267 g/mol. The largest absolute Gasteiger partial charge is 0.375 e. The number of anilines is 1. The standard InChI is InChI=1S/C12H17N3S2/c1-4-5-9-15-10(7(2)3)11(17-9)8-6-16-12(13)14-8/h6-7H,4-5H2,1-3H3,(H2,13,14). The van der Waals surface area contributed by atoms with Gasteiger partial charge in [-0.3, -0.25) is 0 Å². The van der Waals surface area contributed by atoms with Crippen molar-refractivity contribution >= 4 is 27.8 Å². The number of thiazole rings is 2. The van der Waals surface area contributed by atoms with Gasteiger partial charge in [0.15, 0.2) is 5.13 Å². The van der Waals surface area contributed by atoms with Gasteiger partial charge in [-0.1, -0.05) is 20.8 Å². The van der Waals surface area contributed by atoms with Crippen LogP contribution >= 0.6 is 22.7 Å². The highest BCUT2D eigenvalue weighted by atomic mass is 32.1. The molecule has 0 atom stereocenters. The molecule has 0 spiro atoms. The van der Waals surface area contributed by atoms with Gasteiger partial charge in [0, 0.05) is 5.38 Å². The van der Waals surface area contributed by atoms with Gasteiger partial charge in [0.2, 0.25) is 0 Å². The van der Waals surface area contributed by atoms with E-state index >= 15 is 0 Å². The van der Waals surface area contributed by atoms with Gasteiger partial charge in [0.1, 0.15) is 0 Å². The van der Waals surface area contributed by atoms with E-state index in [0.717, 1.165) is 24.2 Å². The Morgan fingerprint density at radius 1 is 1.35 bits per heavy atom. The molecule has 3 nitrogen and oxygen atoms in total. The number of hydrogen-bond acceptors (Lipinski definition) is 5. The molecule has 2 aromatic rings. The molecular weight excluding hydrogens is 250 g/mol. The zero-order valence-electron chi connectivity index (χ0n) is 10.4. The number of nitrogens with zero attached hydrogens (tertiary/aromatic N) is 2. The van der Waals surface area contributed by atoms with Crippen LogP contribution in [0.3, 0.4) is 0 Å². The highest BCUT2D eigenvalue weighted by molar-refractivity contribution is 7.16. The van der Waals surface area contributed by atoms with Crippen LogP contribution in [-0.4, -0.2) is 9.97 Å². The molecule has 2 heterocycles. The minimum atomic E-state index is 0.426. The second-order valence-corrected chi connectivity index (χ2v) is 6.27. The summed E-state index contributed by atoms with van der Waals surface area (Å²) in [5, 5.41) is 3.85. The maximum absolute atomic E-state index is 5.70. The average molecular weight is 267 g/mol. The van der Waals surface area contributed by atoms with E-state index in [1.807, 2.05) is 5.38 Å². The molecule has 0 aliphatic rings. The van der Waals surface area contributed by atoms with Crippen LogP contribution in [-0.2, 0) is 6.42 Å². The minimum absolute atomic E-state index is 0.426. The van der Waals surface area contributed by atoms with Crippen molar-refractivity contribution in [2.45, 2.75) is 39.5 Å². The van der Waals surface area contributed by atoms with E-state index in [-0.39, 0.29) is 0 Å². The summed E-state index contributed by atoms with van der Waals surface area (Å²) in [6.07, 6.45) is 2.17. The molecule has 0 aliphatic carbocycles. The summed E-state index contributed by atoms with van der Waals surface area (Å²) in [4.78, 5) is 10.3. The van der Waals surface area contributed by atoms with Crippen molar-refractivity contribution in [1.82, 2.24) is 9.97 Å². The highest BCUT2D eigenvalue weighted by Crippen LogP contribution is 2.35. The zero-order valence-corrected chi connectivity index (χ0v) is 12.0. The summed E-state index contributed by atoms with van der Waals surface area (Å²) in [5.41, 5.74) is 7.84. The van der Waals surface area contributed by atoms with Gasteiger partial charge in [-0.15, -0.1) is 22.7 Å². The Hall–Kier alpha value is -0.940. The smallest absolute Gasteiger partial charge is 0.180 e. The Kier molecular flexibility index (Phi) is 3.79. The molecule has 0 aliphatic heterocycles. The Balaban J connectivity index is 2.44. The molecule has 0 radical (unpaired) electrons. The fourth-order valence-electron chi connectivity index (χ4n) is 1.67. The number of nitrogens with two attached hydrogens (primary N) is 1. The van der Waals surface area contributed by atoms with Crippen LogP contribution < -0.4 is 5.73 Å². The Bertz CT molecular complexity index is 500. The van der Waals surface area contributed by atoms with E-state index in [1.165, 1.54) is 21.2 Å². The summed E-state index contributed by atoms with van der Waals surface area (Å²) >= 11 is 3.24. The Morgan fingerprint density at radius 3 is 2.65 bits per heavy atom. The van der Waals surface area contributed by atoms with Crippen molar-refractivity contribution in [2.75, 3.05) is 5.73 Å². The van der Waals surface area contributed by atoms with Crippen molar-refractivity contribution in [3.05, 3.63) is 16.1 Å². The van der Waals surface area contributed by atoms with Gasteiger partial charge in [0.25, 0.3) is 0 Å². The Morgan fingerprint density at radius 2 is 2.12 bits per heavy atom. The van der Waals surface area contributed by atoms with Crippen LogP contribution in [0, 0.1) is 0 Å². The van der Waals surface area contributed by atoms with Crippen molar-refractivity contribution in [3.8, 4) is 10.6 Å². The third kappa shape index (κ3) is 2.66. The van der Waals surface area contributed by atoms with Crippen molar-refractivity contribution in [3.63, 3.8) is 0 Å². The number of aromatic nitrogens is 2. The van der Waals surface area contributed by atoms with Gasteiger partial charge in [-0.05, 0) is 18.8 Å². The maximum atomic E-state index is 5.70. The number of rotatable bonds is 4. The molecule has 0 amide bonds. The topological polar surface area (TPSA) is 51.8 Å². The molecule has 2 rings (SSSR count). The zero-order chi connectivity index (χ0) is 12.4. The molecule has 2 aromatic heterocycles. The first kappa shape index (κ1) is 12.5. The Labute approximate surface area is 110 Å². The van der Waals surface area contributed by atoms with Crippen molar-refractivity contribution in [1.29, 1.82) is 0 Å². The number of aryl methyl sites for hydroxylation is 1. The van der Waals surface area contributed by atoms with Gasteiger partial charge < -0.3 is 5.73 Å². The first-order chi connectivity index (χ1) is 8.11. The molecule has 0 bridgehead atoms. The molecule has 0 unspecified atom stereocenters. The predicted molar refractivity (Wildman–Crippen MR) is 75.7 cm³/mol. The molecule has 0 fully saturated rings. The second-order valence-electron chi connectivity index (χ2n) is 4.30. The lowest BCUT2D eigenvalue weighted by Crippen LogP contribution is -1.92. The lowest BCUT2D eigenvalue weighted by Gasteiger charge is -2.02. The maximum Gasteiger partial charge on any atom is 0.180 e. The molecule has 5 heteroatoms. The first-order valence-corrected chi connectivity index (χ1v) is 7.52. The van der Waals surface area contributed by atoms with Crippen LogP contribution in [0.2, 0.25) is 0 Å². The summed E-state index contributed by atoms with van der Waals surface area (Å²) < 4.78 is 0. The highest BCUT2D eigenvalue weighted by Gasteiger charge is 2.17. The van der Waals surface area contributed by atoms with Gasteiger partial charge in [0.05, 0.1) is 21.3 Å². The fraction of sp³-hybridized carbons (Fsp3) is 0.500. The molecule has 17 heavy (non-hydrogen) atoms. The van der Waals surface area contributed by atoms with Crippen LogP contribution in [0.1, 0.15) is 43.8 Å². The van der Waals surface area contributed by atoms with Crippen molar-refractivity contribution < 1.29 is 0 Å². The van der Waals surface area contributed by atoms with Crippen molar-refractivity contribution in [2.24, 2.45) is 0 Å². The lowest BCUT2D eigenvalue weighted by atomic mass is 10.1. The summed E-state index contributed by atoms with van der Waals surface area (Å²) in [6, 6.07) is 0. The summed E-state index contributed by atoms with van der Waals surface area (Å²) in [7, 11) is 0. The molecule has 2 N–H and O–H groups in total. The molecule has 0 saturated carbocycles. The van der Waals surface area contributed by atoms with Crippen LogP contribution in [0.15, 0.2) is 5.38 Å². The van der Waals surface area contributed by atoms with Crippen LogP contribution in [0.5, 0.6) is 0 Å². The normalized spacial score (nSPS) is 11.3. The van der Waals surface area contributed by atoms with E-state index in [2.05, 4.69) is 25.8 Å². The number of nitrogen functional groups attached to an aromatic ring is 1. The second kappa shape index (κ2) is 5.14. The quantitative estimate of drug-likeness (QED) is 0.913. The summed E-state index contributed by atoms with van der Waals surface area (Å²) in [6.45, 7) is 6.52. The number of hydrogen-bond donors (Lipinski definition) is 1. The minimum Gasteiger partial charge on any atom is -0.375 e. The van der Waals surface area contributed by atoms with Gasteiger partial charge in [-0.25, -0.2) is 9.97 Å². The first-order valence-electron chi connectivity index (χ1n) is 5.82. The lowest BCUT2D eigenvalue weighted by molar-refractivity contribution is 0.813. The fourth-order valence-corrected chi connectivity index (χ4v) is 3.57. The molecule has 0 saturated heterocycles. The van der Waals surface area contributed by atoms with E-state index in [1.54, 1.807) is 11.3 Å². The summed E-state index contributed by atoms with van der Waals surface area (Å²) in [5.74, 6) is 0.426. The van der Waals surface area contributed by atoms with Gasteiger partial charge in [-0.2, -0.15) is 0 Å². The molecule has 92 valence electrons. The van der Waals surface area contributed by atoms with Crippen LogP contribution in [0.25, 0.3) is 10.6 Å². The van der Waals surface area contributed by atoms with Crippen LogP contribution in [0.4, 0.5) is 5.13 Å². The van der Waals surface area contributed by atoms with E-state index < -0.39 is 0 Å². The van der Waals surface area contributed by atoms with Gasteiger partial charge >= 0.3 is 0 Å². The predicted octanol–water partition coefficient (Wildman–Crippen LogP) is 3.92. The van der Waals surface area contributed by atoms with E-state index in [4.69, 9.17) is 10.7 Å². The third-order valence-corrected chi connectivity index (χ3v) is 4.29. The molecular formula is C12H17N3S2. The SMILES string of the molecule is CCCc1nc(C(C)C)c(-c2csc(N)n2)s1. The van der Waals surface area contributed by atoms with E-state index in [0.29, 0.717) is 11.0 Å². The molecule has 0 aromatic carbocycles. The third-order valence-electron chi connectivity index (χ3n) is 2.46.